The van der Waals surface area contributed by atoms with Crippen LogP contribution in [0.2, 0.25) is 0 Å². The van der Waals surface area contributed by atoms with Gasteiger partial charge in [-0.2, -0.15) is 0 Å². The average molecular weight is 433 g/mol. The molecule has 0 unspecified atom stereocenters. The molecule has 3 amide bonds. The largest absolute Gasteiger partial charge is 0.385 e. The Hall–Kier alpha value is -2.45. The van der Waals surface area contributed by atoms with Gasteiger partial charge in [-0.05, 0) is 43.9 Å². The van der Waals surface area contributed by atoms with Crippen LogP contribution in [0.1, 0.15) is 61.1 Å². The van der Waals surface area contributed by atoms with E-state index in [1.165, 1.54) is 16.9 Å². The number of nitrogens with one attached hydrogen (secondary N) is 2. The maximum atomic E-state index is 12.8. The standard InChI is InChI=1S/C22H32N4O3S/c1-15(2)17-7-9-18(10-8-17)24-22(28)26(16(3)4)13-20-25-19(14-30-20)21(27)23-11-6-12-29-5/h7-10,14-16H,6,11-13H2,1-5H3,(H,23,27)(H,24,28). The van der Waals surface area contributed by atoms with Crippen molar-refractivity contribution in [3.63, 3.8) is 0 Å². The molecule has 2 rings (SSSR count). The van der Waals surface area contributed by atoms with E-state index in [2.05, 4.69) is 29.5 Å². The van der Waals surface area contributed by atoms with Gasteiger partial charge in [0.25, 0.3) is 5.91 Å². The molecule has 0 saturated carbocycles. The van der Waals surface area contributed by atoms with Gasteiger partial charge in [-0.3, -0.25) is 4.79 Å². The number of thiazole rings is 1. The summed E-state index contributed by atoms with van der Waals surface area (Å²) in [7, 11) is 1.63. The van der Waals surface area contributed by atoms with Crippen molar-refractivity contribution in [1.29, 1.82) is 0 Å². The number of urea groups is 1. The molecule has 164 valence electrons. The van der Waals surface area contributed by atoms with Crippen LogP contribution in [0.25, 0.3) is 0 Å². The minimum atomic E-state index is -0.209. The molecule has 30 heavy (non-hydrogen) atoms. The molecule has 0 fully saturated rings. The Bertz CT molecular complexity index is 818. The second-order valence-corrected chi connectivity index (χ2v) is 8.60. The van der Waals surface area contributed by atoms with E-state index in [0.717, 1.165) is 17.1 Å². The summed E-state index contributed by atoms with van der Waals surface area (Å²) in [6.45, 7) is 9.66. The summed E-state index contributed by atoms with van der Waals surface area (Å²) in [6, 6.07) is 7.68. The topological polar surface area (TPSA) is 83.6 Å². The van der Waals surface area contributed by atoms with Crippen LogP contribution in [0.15, 0.2) is 29.6 Å². The predicted molar refractivity (Wildman–Crippen MR) is 121 cm³/mol. The van der Waals surface area contributed by atoms with Gasteiger partial charge in [0.1, 0.15) is 10.7 Å². The maximum Gasteiger partial charge on any atom is 0.322 e. The first-order valence-electron chi connectivity index (χ1n) is 10.2. The van der Waals surface area contributed by atoms with Crippen LogP contribution in [0.4, 0.5) is 10.5 Å². The fraction of sp³-hybridized carbons (Fsp3) is 0.500. The lowest BCUT2D eigenvalue weighted by molar-refractivity contribution is 0.0944. The Balaban J connectivity index is 1.97. The molecule has 1 aromatic carbocycles. The van der Waals surface area contributed by atoms with Crippen LogP contribution >= 0.6 is 11.3 Å². The van der Waals surface area contributed by atoms with Crippen molar-refractivity contribution in [1.82, 2.24) is 15.2 Å². The molecule has 0 aliphatic carbocycles. The molecular formula is C22H32N4O3S. The number of rotatable bonds is 10. The Labute approximate surface area is 182 Å². The molecular weight excluding hydrogens is 400 g/mol. The predicted octanol–water partition coefficient (Wildman–Crippen LogP) is 4.48. The van der Waals surface area contributed by atoms with Crippen molar-refractivity contribution in [2.45, 2.75) is 52.6 Å². The molecule has 0 aliphatic heterocycles. The average Bonchev–Trinajstić information content (AvgIpc) is 3.18. The summed E-state index contributed by atoms with van der Waals surface area (Å²) >= 11 is 1.38. The molecule has 0 atom stereocenters. The highest BCUT2D eigenvalue weighted by Gasteiger charge is 2.20. The van der Waals surface area contributed by atoms with Gasteiger partial charge in [-0.1, -0.05) is 26.0 Å². The Morgan fingerprint density at radius 1 is 1.17 bits per heavy atom. The van der Waals surface area contributed by atoms with Crippen LogP contribution in [0, 0.1) is 0 Å². The fourth-order valence-corrected chi connectivity index (χ4v) is 3.55. The highest BCUT2D eigenvalue weighted by atomic mass is 32.1. The van der Waals surface area contributed by atoms with E-state index in [9.17, 15) is 9.59 Å². The zero-order chi connectivity index (χ0) is 22.1. The van der Waals surface area contributed by atoms with Crippen molar-refractivity contribution in [3.8, 4) is 0 Å². The zero-order valence-electron chi connectivity index (χ0n) is 18.4. The number of hydrogen-bond acceptors (Lipinski definition) is 5. The number of hydrogen-bond donors (Lipinski definition) is 2. The van der Waals surface area contributed by atoms with Gasteiger partial charge in [0.05, 0.1) is 6.54 Å². The second kappa shape index (κ2) is 11.7. The lowest BCUT2D eigenvalue weighted by atomic mass is 10.0. The highest BCUT2D eigenvalue weighted by molar-refractivity contribution is 7.09. The summed E-state index contributed by atoms with van der Waals surface area (Å²) < 4.78 is 4.97. The van der Waals surface area contributed by atoms with E-state index in [1.54, 1.807) is 17.4 Å². The summed E-state index contributed by atoms with van der Waals surface area (Å²) in [6.07, 6.45) is 0.749. The molecule has 0 bridgehead atoms. The summed E-state index contributed by atoms with van der Waals surface area (Å²) in [5, 5.41) is 8.22. The van der Waals surface area contributed by atoms with Crippen LogP contribution in [0.5, 0.6) is 0 Å². The summed E-state index contributed by atoms with van der Waals surface area (Å²) in [5.74, 6) is 0.234. The van der Waals surface area contributed by atoms with Gasteiger partial charge < -0.3 is 20.3 Å². The first-order chi connectivity index (χ1) is 14.3. The number of benzene rings is 1. The van der Waals surface area contributed by atoms with Gasteiger partial charge in [0, 0.05) is 37.4 Å². The maximum absolute atomic E-state index is 12.8. The van der Waals surface area contributed by atoms with Crippen LogP contribution in [-0.4, -0.2) is 48.1 Å². The number of nitrogens with zero attached hydrogens (tertiary/aromatic N) is 2. The number of anilines is 1. The van der Waals surface area contributed by atoms with Gasteiger partial charge in [0.15, 0.2) is 0 Å². The van der Waals surface area contributed by atoms with E-state index in [4.69, 9.17) is 4.74 Å². The molecule has 0 spiro atoms. The number of methoxy groups -OCH3 is 1. The third-order valence-corrected chi connectivity index (χ3v) is 5.45. The van der Waals surface area contributed by atoms with Gasteiger partial charge in [0.2, 0.25) is 0 Å². The lowest BCUT2D eigenvalue weighted by Crippen LogP contribution is -2.39. The molecule has 2 N–H and O–H groups in total. The zero-order valence-corrected chi connectivity index (χ0v) is 19.2. The molecule has 0 saturated heterocycles. The van der Waals surface area contributed by atoms with Crippen LogP contribution < -0.4 is 10.6 Å². The molecule has 1 aromatic heterocycles. The molecule has 0 aliphatic rings. The van der Waals surface area contributed by atoms with Crippen molar-refractivity contribution in [3.05, 3.63) is 45.9 Å². The SMILES string of the molecule is COCCCNC(=O)c1csc(CN(C(=O)Nc2ccc(C(C)C)cc2)C(C)C)n1. The van der Waals surface area contributed by atoms with E-state index in [-0.39, 0.29) is 18.0 Å². The van der Waals surface area contributed by atoms with Gasteiger partial charge >= 0.3 is 6.03 Å². The first kappa shape index (κ1) is 23.8. The molecule has 1 heterocycles. The minimum Gasteiger partial charge on any atom is -0.385 e. The summed E-state index contributed by atoms with van der Waals surface area (Å²) in [5.41, 5.74) is 2.36. The second-order valence-electron chi connectivity index (χ2n) is 7.66. The normalized spacial score (nSPS) is 11.0. The van der Waals surface area contributed by atoms with E-state index in [1.807, 2.05) is 38.1 Å². The Morgan fingerprint density at radius 3 is 2.47 bits per heavy atom. The number of ether oxygens (including phenoxy) is 1. The van der Waals surface area contributed by atoms with Crippen LogP contribution in [0.3, 0.4) is 0 Å². The number of carbonyl (C=O) groups is 2. The number of carbonyl (C=O) groups excluding carboxylic acids is 2. The Kier molecular flexibility index (Phi) is 9.26. The quantitative estimate of drug-likeness (QED) is 0.543. The third kappa shape index (κ3) is 7.11. The van der Waals surface area contributed by atoms with Crippen molar-refractivity contribution >= 4 is 29.0 Å². The van der Waals surface area contributed by atoms with Crippen LogP contribution in [-0.2, 0) is 11.3 Å². The molecule has 7 nitrogen and oxygen atoms in total. The summed E-state index contributed by atoms with van der Waals surface area (Å²) in [4.78, 5) is 31.1. The van der Waals surface area contributed by atoms with E-state index < -0.39 is 0 Å². The van der Waals surface area contributed by atoms with Gasteiger partial charge in [-0.25, -0.2) is 9.78 Å². The first-order valence-corrected chi connectivity index (χ1v) is 11.1. The van der Waals surface area contributed by atoms with E-state index >= 15 is 0 Å². The van der Waals surface area contributed by atoms with E-state index in [0.29, 0.717) is 31.3 Å². The number of aromatic nitrogens is 1. The third-order valence-electron chi connectivity index (χ3n) is 4.61. The van der Waals surface area contributed by atoms with Gasteiger partial charge in [-0.15, -0.1) is 11.3 Å². The molecule has 8 heteroatoms. The fourth-order valence-electron chi connectivity index (χ4n) is 2.78. The van der Waals surface area contributed by atoms with Crippen molar-refractivity contribution in [2.75, 3.05) is 25.6 Å². The molecule has 2 aromatic rings. The monoisotopic (exact) mass is 432 g/mol. The minimum absolute atomic E-state index is 0.0184. The Morgan fingerprint density at radius 2 is 1.87 bits per heavy atom. The van der Waals surface area contributed by atoms with Crippen molar-refractivity contribution in [2.24, 2.45) is 0 Å². The smallest absolute Gasteiger partial charge is 0.322 e. The number of amides is 3. The highest BCUT2D eigenvalue weighted by Crippen LogP contribution is 2.19. The lowest BCUT2D eigenvalue weighted by Gasteiger charge is -2.26. The molecule has 0 radical (unpaired) electrons. The van der Waals surface area contributed by atoms with Crippen molar-refractivity contribution < 1.29 is 14.3 Å².